The first-order valence-corrected chi connectivity index (χ1v) is 4.10. The van der Waals surface area contributed by atoms with Gasteiger partial charge in [-0.05, 0) is 12.1 Å². The molecule has 0 aliphatic rings. The summed E-state index contributed by atoms with van der Waals surface area (Å²) < 4.78 is 76.4. The number of hydrogen-bond acceptors (Lipinski definition) is 2. The van der Waals surface area contributed by atoms with Gasteiger partial charge < -0.3 is 9.72 Å². The third-order valence-corrected chi connectivity index (χ3v) is 1.61. The maximum atomic E-state index is 12.7. The standard InChI is InChI=1S/C8H5F6NO2/c9-6(7(10,11)12)8(13,14)17-4-2-1-3-15-5(4)16/h1-3,6H,(H,15,16). The second-order valence-electron chi connectivity index (χ2n) is 2.93. The summed E-state index contributed by atoms with van der Waals surface area (Å²) in [7, 11) is 0. The van der Waals surface area contributed by atoms with Crippen molar-refractivity contribution >= 4 is 0 Å². The highest BCUT2D eigenvalue weighted by Crippen LogP contribution is 2.35. The third-order valence-electron chi connectivity index (χ3n) is 1.61. The van der Waals surface area contributed by atoms with Gasteiger partial charge in [0.25, 0.3) is 11.7 Å². The fourth-order valence-corrected chi connectivity index (χ4v) is 0.875. The van der Waals surface area contributed by atoms with E-state index in [1.807, 2.05) is 4.98 Å². The van der Waals surface area contributed by atoms with Gasteiger partial charge >= 0.3 is 12.3 Å². The lowest BCUT2D eigenvalue weighted by atomic mass is 10.3. The zero-order valence-electron chi connectivity index (χ0n) is 7.89. The van der Waals surface area contributed by atoms with E-state index < -0.39 is 29.8 Å². The summed E-state index contributed by atoms with van der Waals surface area (Å²) in [6.07, 6.45) is -14.4. The van der Waals surface area contributed by atoms with Crippen LogP contribution in [0.1, 0.15) is 0 Å². The Balaban J connectivity index is 2.94. The van der Waals surface area contributed by atoms with Crippen molar-refractivity contribution < 1.29 is 31.1 Å². The Hall–Kier alpha value is -1.67. The number of nitrogens with one attached hydrogen (secondary N) is 1. The van der Waals surface area contributed by atoms with Gasteiger partial charge in [0, 0.05) is 6.20 Å². The summed E-state index contributed by atoms with van der Waals surface area (Å²) in [5.41, 5.74) is -1.19. The van der Waals surface area contributed by atoms with Gasteiger partial charge in [-0.2, -0.15) is 22.0 Å². The molecule has 3 nitrogen and oxygen atoms in total. The minimum Gasteiger partial charge on any atom is -0.424 e. The fourth-order valence-electron chi connectivity index (χ4n) is 0.875. The topological polar surface area (TPSA) is 42.1 Å². The van der Waals surface area contributed by atoms with Crippen molar-refractivity contribution in [2.24, 2.45) is 0 Å². The zero-order valence-corrected chi connectivity index (χ0v) is 7.89. The molecular weight excluding hydrogens is 256 g/mol. The summed E-state index contributed by atoms with van der Waals surface area (Å²) in [4.78, 5) is 12.7. The van der Waals surface area contributed by atoms with Gasteiger partial charge in [0.1, 0.15) is 0 Å². The first kappa shape index (κ1) is 13.4. The lowest BCUT2D eigenvalue weighted by Gasteiger charge is -2.22. The summed E-state index contributed by atoms with van der Waals surface area (Å²) in [5.74, 6) is -1.11. The molecule has 17 heavy (non-hydrogen) atoms. The molecule has 0 saturated heterocycles. The molecule has 0 aliphatic carbocycles. The quantitative estimate of drug-likeness (QED) is 0.848. The van der Waals surface area contributed by atoms with Gasteiger partial charge in [0.05, 0.1) is 0 Å². The number of rotatable bonds is 3. The zero-order chi connectivity index (χ0) is 13.3. The van der Waals surface area contributed by atoms with E-state index in [1.54, 1.807) is 0 Å². The molecule has 0 aromatic carbocycles. The molecule has 0 aliphatic heterocycles. The summed E-state index contributed by atoms with van der Waals surface area (Å²) in [6, 6.07) is 1.73. The molecule has 1 rings (SSSR count). The Morgan fingerprint density at radius 1 is 1.24 bits per heavy atom. The van der Waals surface area contributed by atoms with Gasteiger partial charge in [-0.15, -0.1) is 0 Å². The van der Waals surface area contributed by atoms with E-state index in [0.29, 0.717) is 6.07 Å². The molecule has 9 heteroatoms. The van der Waals surface area contributed by atoms with Crippen LogP contribution in [0.5, 0.6) is 5.75 Å². The minimum absolute atomic E-state index is 0.690. The van der Waals surface area contributed by atoms with Crippen molar-refractivity contribution in [3.63, 3.8) is 0 Å². The number of aromatic amines is 1. The number of aromatic nitrogens is 1. The molecule has 0 radical (unpaired) electrons. The summed E-state index contributed by atoms with van der Waals surface area (Å²) in [5, 5.41) is 0. The Kier molecular flexibility index (Phi) is 3.39. The molecule has 0 fully saturated rings. The number of pyridine rings is 1. The number of H-pyrrole nitrogens is 1. The van der Waals surface area contributed by atoms with Crippen LogP contribution >= 0.6 is 0 Å². The predicted octanol–water partition coefficient (Wildman–Crippen LogP) is 2.25. The van der Waals surface area contributed by atoms with E-state index in [-0.39, 0.29) is 0 Å². The van der Waals surface area contributed by atoms with Crippen molar-refractivity contribution in [1.82, 2.24) is 4.98 Å². The maximum Gasteiger partial charge on any atom is 0.439 e. The molecule has 1 aromatic rings. The van der Waals surface area contributed by atoms with Gasteiger partial charge in [0.2, 0.25) is 0 Å². The molecule has 0 spiro atoms. The Bertz CT molecular complexity index is 440. The van der Waals surface area contributed by atoms with Crippen LogP contribution in [0.4, 0.5) is 26.3 Å². The van der Waals surface area contributed by atoms with Crippen LogP contribution < -0.4 is 10.3 Å². The highest BCUT2D eigenvalue weighted by molar-refractivity contribution is 5.16. The van der Waals surface area contributed by atoms with Crippen LogP contribution in [0.3, 0.4) is 0 Å². The first-order chi connectivity index (χ1) is 7.64. The molecule has 96 valence electrons. The van der Waals surface area contributed by atoms with Crippen LogP contribution in [0, 0.1) is 0 Å². The number of alkyl halides is 6. The van der Waals surface area contributed by atoms with Gasteiger partial charge in [-0.1, -0.05) is 0 Å². The molecule has 0 amide bonds. The molecule has 1 atom stereocenters. The van der Waals surface area contributed by atoms with Crippen molar-refractivity contribution in [3.8, 4) is 5.75 Å². The minimum atomic E-state index is -5.79. The molecule has 1 unspecified atom stereocenters. The average molecular weight is 261 g/mol. The summed E-state index contributed by atoms with van der Waals surface area (Å²) >= 11 is 0. The largest absolute Gasteiger partial charge is 0.439 e. The second-order valence-corrected chi connectivity index (χ2v) is 2.93. The third kappa shape index (κ3) is 3.14. The van der Waals surface area contributed by atoms with Crippen LogP contribution in [-0.4, -0.2) is 23.4 Å². The molecule has 1 N–H and O–H groups in total. The van der Waals surface area contributed by atoms with E-state index >= 15 is 0 Å². The van der Waals surface area contributed by atoms with Gasteiger partial charge in [0.15, 0.2) is 5.75 Å². The lowest BCUT2D eigenvalue weighted by molar-refractivity contribution is -0.305. The molecule has 1 aromatic heterocycles. The Morgan fingerprint density at radius 3 is 2.29 bits per heavy atom. The van der Waals surface area contributed by atoms with E-state index in [2.05, 4.69) is 4.74 Å². The van der Waals surface area contributed by atoms with Crippen molar-refractivity contribution in [3.05, 3.63) is 28.7 Å². The van der Waals surface area contributed by atoms with E-state index in [0.717, 1.165) is 12.3 Å². The van der Waals surface area contributed by atoms with Crippen molar-refractivity contribution in [1.29, 1.82) is 0 Å². The van der Waals surface area contributed by atoms with Gasteiger partial charge in [-0.25, -0.2) is 4.39 Å². The van der Waals surface area contributed by atoms with Crippen LogP contribution in [-0.2, 0) is 0 Å². The predicted molar refractivity (Wildman–Crippen MR) is 43.6 cm³/mol. The Labute approximate surface area is 90.0 Å². The SMILES string of the molecule is O=c1[nH]cccc1OC(F)(F)C(F)C(F)(F)F. The van der Waals surface area contributed by atoms with E-state index in [9.17, 15) is 31.1 Å². The van der Waals surface area contributed by atoms with E-state index in [4.69, 9.17) is 0 Å². The van der Waals surface area contributed by atoms with Gasteiger partial charge in [-0.3, -0.25) is 4.79 Å². The van der Waals surface area contributed by atoms with Crippen molar-refractivity contribution in [2.45, 2.75) is 18.5 Å². The molecule has 0 saturated carbocycles. The van der Waals surface area contributed by atoms with E-state index in [1.165, 1.54) is 0 Å². The maximum absolute atomic E-state index is 12.7. The van der Waals surface area contributed by atoms with Crippen LogP contribution in [0.2, 0.25) is 0 Å². The summed E-state index contributed by atoms with van der Waals surface area (Å²) in [6.45, 7) is 0. The number of ether oxygens (including phenoxy) is 1. The number of halogens is 6. The van der Waals surface area contributed by atoms with Crippen molar-refractivity contribution in [2.75, 3.05) is 0 Å². The monoisotopic (exact) mass is 261 g/mol. The smallest absolute Gasteiger partial charge is 0.424 e. The molecular formula is C8H5F6NO2. The Morgan fingerprint density at radius 2 is 1.82 bits per heavy atom. The highest BCUT2D eigenvalue weighted by Gasteiger charge is 2.59. The second kappa shape index (κ2) is 4.30. The highest BCUT2D eigenvalue weighted by atomic mass is 19.4. The molecule has 1 heterocycles. The first-order valence-electron chi connectivity index (χ1n) is 4.10. The average Bonchev–Trinajstić information content (AvgIpc) is 2.19. The fraction of sp³-hybridized carbons (Fsp3) is 0.375. The van der Waals surface area contributed by atoms with Crippen LogP contribution in [0.25, 0.3) is 0 Å². The lowest BCUT2D eigenvalue weighted by Crippen LogP contribution is -2.46. The number of hydrogen-bond donors (Lipinski definition) is 1. The normalized spacial score (nSPS) is 14.5. The van der Waals surface area contributed by atoms with Crippen LogP contribution in [0.15, 0.2) is 23.1 Å². The molecule has 0 bridgehead atoms.